The Kier molecular flexibility index (Phi) is 3.93. The first-order chi connectivity index (χ1) is 9.32. The van der Waals surface area contributed by atoms with Crippen LogP contribution in [0.2, 0.25) is 0 Å². The van der Waals surface area contributed by atoms with Crippen molar-refractivity contribution in [2.75, 3.05) is 7.05 Å². The van der Waals surface area contributed by atoms with Crippen LogP contribution in [-0.2, 0) is 16.6 Å². The molecule has 0 bridgehead atoms. The van der Waals surface area contributed by atoms with Gasteiger partial charge in [-0.25, -0.2) is 18.2 Å². The van der Waals surface area contributed by atoms with Gasteiger partial charge in [-0.05, 0) is 6.92 Å². The molecule has 2 aromatic heterocycles. The molecule has 7 nitrogen and oxygen atoms in total. The summed E-state index contributed by atoms with van der Waals surface area (Å²) in [7, 11) is -2.41. The van der Waals surface area contributed by atoms with Crippen LogP contribution < -0.4 is 0 Å². The van der Waals surface area contributed by atoms with Gasteiger partial charge in [0.2, 0.25) is 15.8 Å². The fourth-order valence-electron chi connectivity index (χ4n) is 1.62. The van der Waals surface area contributed by atoms with Crippen LogP contribution in [0.3, 0.4) is 0 Å². The van der Waals surface area contributed by atoms with Gasteiger partial charge in [0, 0.05) is 18.5 Å². The standard InChI is InChI=1S/C11H12N2O5S2/c1-7-10(3-9(18-7)11(14)15)20(16,17)13(2)4-8-5-19-6-12-8/h3,5-6H,4H2,1-2H3,(H,14,15). The van der Waals surface area contributed by atoms with Crippen molar-refractivity contribution in [3.63, 3.8) is 0 Å². The maximum Gasteiger partial charge on any atom is 0.371 e. The van der Waals surface area contributed by atoms with Crippen LogP contribution in [0.15, 0.2) is 26.3 Å². The van der Waals surface area contributed by atoms with Crippen molar-refractivity contribution in [3.8, 4) is 0 Å². The Balaban J connectivity index is 2.32. The van der Waals surface area contributed by atoms with Gasteiger partial charge < -0.3 is 9.52 Å². The Morgan fingerprint density at radius 3 is 2.75 bits per heavy atom. The zero-order valence-electron chi connectivity index (χ0n) is 10.7. The second-order valence-electron chi connectivity index (χ2n) is 4.08. The summed E-state index contributed by atoms with van der Waals surface area (Å²) in [6.07, 6.45) is 0. The van der Waals surface area contributed by atoms with Gasteiger partial charge in [-0.15, -0.1) is 11.3 Å². The number of sulfonamides is 1. The van der Waals surface area contributed by atoms with Crippen molar-refractivity contribution in [2.24, 2.45) is 0 Å². The molecular formula is C11H12N2O5S2. The molecule has 9 heteroatoms. The highest BCUT2D eigenvalue weighted by molar-refractivity contribution is 7.89. The summed E-state index contributed by atoms with van der Waals surface area (Å²) in [5.41, 5.74) is 2.24. The first-order valence-electron chi connectivity index (χ1n) is 5.49. The van der Waals surface area contributed by atoms with E-state index in [2.05, 4.69) is 4.98 Å². The van der Waals surface area contributed by atoms with Gasteiger partial charge in [-0.3, -0.25) is 0 Å². The largest absolute Gasteiger partial charge is 0.475 e. The molecule has 2 aromatic rings. The third-order valence-corrected chi connectivity index (χ3v) is 5.19. The molecule has 0 unspecified atom stereocenters. The van der Waals surface area contributed by atoms with Gasteiger partial charge in [0.15, 0.2) is 0 Å². The smallest absolute Gasteiger partial charge is 0.371 e. The van der Waals surface area contributed by atoms with E-state index in [-0.39, 0.29) is 17.2 Å². The molecule has 0 fully saturated rings. The number of carbonyl (C=O) groups is 1. The minimum Gasteiger partial charge on any atom is -0.475 e. The Labute approximate surface area is 119 Å². The van der Waals surface area contributed by atoms with Crippen molar-refractivity contribution in [1.29, 1.82) is 0 Å². The summed E-state index contributed by atoms with van der Waals surface area (Å²) in [5, 5.41) is 10.6. The average Bonchev–Trinajstić information content (AvgIpc) is 2.98. The van der Waals surface area contributed by atoms with Gasteiger partial charge in [0.05, 0.1) is 17.7 Å². The lowest BCUT2D eigenvalue weighted by Crippen LogP contribution is -2.26. The first-order valence-corrected chi connectivity index (χ1v) is 7.88. The summed E-state index contributed by atoms with van der Waals surface area (Å²) in [5.74, 6) is -1.66. The van der Waals surface area contributed by atoms with E-state index >= 15 is 0 Å². The number of hydrogen-bond acceptors (Lipinski definition) is 6. The summed E-state index contributed by atoms with van der Waals surface area (Å²) >= 11 is 1.37. The fourth-order valence-corrected chi connectivity index (χ4v) is 3.47. The number of aryl methyl sites for hydroxylation is 1. The molecule has 0 atom stereocenters. The lowest BCUT2D eigenvalue weighted by Gasteiger charge is -2.15. The van der Waals surface area contributed by atoms with E-state index in [1.54, 1.807) is 10.9 Å². The van der Waals surface area contributed by atoms with E-state index in [4.69, 9.17) is 9.52 Å². The lowest BCUT2D eigenvalue weighted by atomic mass is 10.4. The number of nitrogens with zero attached hydrogens (tertiary/aromatic N) is 2. The summed E-state index contributed by atoms with van der Waals surface area (Å²) in [6.45, 7) is 1.52. The molecule has 0 radical (unpaired) electrons. The number of thiazole rings is 1. The number of aromatic nitrogens is 1. The highest BCUT2D eigenvalue weighted by Crippen LogP contribution is 2.24. The Hall–Kier alpha value is -1.71. The summed E-state index contributed by atoms with van der Waals surface area (Å²) < 4.78 is 30.8. The Morgan fingerprint density at radius 2 is 2.25 bits per heavy atom. The Morgan fingerprint density at radius 1 is 1.55 bits per heavy atom. The van der Waals surface area contributed by atoms with E-state index in [9.17, 15) is 13.2 Å². The zero-order valence-corrected chi connectivity index (χ0v) is 12.4. The number of furan rings is 1. The number of carboxylic acids is 1. The lowest BCUT2D eigenvalue weighted by molar-refractivity contribution is 0.0661. The van der Waals surface area contributed by atoms with Gasteiger partial charge >= 0.3 is 5.97 Å². The molecular weight excluding hydrogens is 304 g/mol. The molecule has 0 aliphatic heterocycles. The molecule has 108 valence electrons. The number of carboxylic acid groups (broad SMARTS) is 1. The van der Waals surface area contributed by atoms with Crippen molar-refractivity contribution in [3.05, 3.63) is 34.2 Å². The zero-order chi connectivity index (χ0) is 14.9. The summed E-state index contributed by atoms with van der Waals surface area (Å²) in [4.78, 5) is 14.7. The predicted molar refractivity (Wildman–Crippen MR) is 71.2 cm³/mol. The van der Waals surface area contributed by atoms with E-state index in [0.29, 0.717) is 5.69 Å². The van der Waals surface area contributed by atoms with Crippen LogP contribution in [0, 0.1) is 6.92 Å². The van der Waals surface area contributed by atoms with Crippen molar-refractivity contribution in [2.45, 2.75) is 18.4 Å². The second kappa shape index (κ2) is 5.35. The molecule has 20 heavy (non-hydrogen) atoms. The third kappa shape index (κ3) is 2.74. The molecule has 0 aromatic carbocycles. The van der Waals surface area contributed by atoms with Crippen molar-refractivity contribution >= 4 is 27.3 Å². The number of rotatable bonds is 5. The van der Waals surface area contributed by atoms with Crippen LogP contribution in [0.1, 0.15) is 22.0 Å². The van der Waals surface area contributed by atoms with E-state index in [1.807, 2.05) is 0 Å². The average molecular weight is 316 g/mol. The molecule has 0 saturated heterocycles. The first kappa shape index (κ1) is 14.7. The third-order valence-electron chi connectivity index (χ3n) is 2.64. The molecule has 0 spiro atoms. The van der Waals surface area contributed by atoms with Crippen LogP contribution in [0.25, 0.3) is 0 Å². The maximum absolute atomic E-state index is 12.4. The van der Waals surface area contributed by atoms with E-state index in [1.165, 1.54) is 25.3 Å². The quantitative estimate of drug-likeness (QED) is 0.898. The van der Waals surface area contributed by atoms with Crippen LogP contribution in [0.4, 0.5) is 0 Å². The molecule has 0 aliphatic carbocycles. The van der Waals surface area contributed by atoms with Crippen molar-refractivity contribution < 1.29 is 22.7 Å². The molecule has 2 heterocycles. The van der Waals surface area contributed by atoms with Crippen LogP contribution in [-0.4, -0.2) is 35.8 Å². The highest BCUT2D eigenvalue weighted by Gasteiger charge is 2.28. The number of aromatic carboxylic acids is 1. The fraction of sp³-hybridized carbons (Fsp3) is 0.273. The molecule has 1 N–H and O–H groups in total. The monoisotopic (exact) mass is 316 g/mol. The van der Waals surface area contributed by atoms with Crippen LogP contribution in [0.5, 0.6) is 0 Å². The number of hydrogen-bond donors (Lipinski definition) is 1. The molecule has 0 saturated carbocycles. The van der Waals surface area contributed by atoms with Crippen LogP contribution >= 0.6 is 11.3 Å². The van der Waals surface area contributed by atoms with Gasteiger partial charge in [0.1, 0.15) is 10.7 Å². The minimum atomic E-state index is -3.82. The summed E-state index contributed by atoms with van der Waals surface area (Å²) in [6, 6.07) is 1.02. The van der Waals surface area contributed by atoms with Gasteiger partial charge in [-0.2, -0.15) is 4.31 Å². The molecule has 0 amide bonds. The minimum absolute atomic E-state index is 0.0486. The predicted octanol–water partition coefficient (Wildman–Crippen LogP) is 1.56. The maximum atomic E-state index is 12.4. The van der Waals surface area contributed by atoms with E-state index in [0.717, 1.165) is 10.4 Å². The topological polar surface area (TPSA) is 101 Å². The second-order valence-corrected chi connectivity index (χ2v) is 6.81. The van der Waals surface area contributed by atoms with Crippen molar-refractivity contribution in [1.82, 2.24) is 9.29 Å². The van der Waals surface area contributed by atoms with Gasteiger partial charge in [-0.1, -0.05) is 0 Å². The highest BCUT2D eigenvalue weighted by atomic mass is 32.2. The normalized spacial score (nSPS) is 11.9. The van der Waals surface area contributed by atoms with Gasteiger partial charge in [0.25, 0.3) is 0 Å². The molecule has 2 rings (SSSR count). The Bertz CT molecular complexity index is 718. The molecule has 0 aliphatic rings. The SMILES string of the molecule is Cc1oc(C(=O)O)cc1S(=O)(=O)N(C)Cc1cscn1. The van der Waals surface area contributed by atoms with E-state index < -0.39 is 21.8 Å².